The first-order valence-electron chi connectivity index (χ1n) is 8.22. The topological polar surface area (TPSA) is 62.2 Å². The molecule has 4 rings (SSSR count). The van der Waals surface area contributed by atoms with Gasteiger partial charge in [-0.15, -0.1) is 0 Å². The van der Waals surface area contributed by atoms with Gasteiger partial charge in [0.25, 0.3) is 0 Å². The van der Waals surface area contributed by atoms with Gasteiger partial charge in [0.15, 0.2) is 0 Å². The Balaban J connectivity index is 1.43. The van der Waals surface area contributed by atoms with Gasteiger partial charge in [0.05, 0.1) is 18.1 Å². The van der Waals surface area contributed by atoms with E-state index < -0.39 is 0 Å². The maximum atomic E-state index is 13.8. The van der Waals surface area contributed by atoms with Crippen LogP contribution in [0.1, 0.15) is 12.8 Å². The summed E-state index contributed by atoms with van der Waals surface area (Å²) >= 11 is 0. The van der Waals surface area contributed by atoms with Gasteiger partial charge >= 0.3 is 6.03 Å². The molecule has 1 unspecified atom stereocenters. The van der Waals surface area contributed by atoms with Crippen LogP contribution in [0, 0.1) is 11.2 Å². The van der Waals surface area contributed by atoms with Crippen molar-refractivity contribution < 1.29 is 9.18 Å². The summed E-state index contributed by atoms with van der Waals surface area (Å²) in [7, 11) is 0. The molecule has 0 radical (unpaired) electrons. The van der Waals surface area contributed by atoms with Crippen LogP contribution in [0.2, 0.25) is 0 Å². The summed E-state index contributed by atoms with van der Waals surface area (Å²) in [5.74, 6) is -0.353. The Bertz CT molecular complexity index is 753. The van der Waals surface area contributed by atoms with Crippen molar-refractivity contribution in [1.29, 1.82) is 0 Å². The zero-order valence-corrected chi connectivity index (χ0v) is 13.3. The van der Waals surface area contributed by atoms with Crippen LogP contribution in [0.15, 0.2) is 36.7 Å². The van der Waals surface area contributed by atoms with E-state index in [9.17, 15) is 9.18 Å². The number of likely N-dealkylation sites (tertiary alicyclic amines) is 1. The minimum absolute atomic E-state index is 0.119. The van der Waals surface area contributed by atoms with Gasteiger partial charge in [-0.3, -0.25) is 0 Å². The normalized spacial score (nSPS) is 23.1. The third-order valence-electron chi connectivity index (χ3n) is 4.99. The zero-order valence-electron chi connectivity index (χ0n) is 13.3. The van der Waals surface area contributed by atoms with Crippen molar-refractivity contribution in [2.45, 2.75) is 12.8 Å². The second-order valence-corrected chi connectivity index (χ2v) is 6.65. The van der Waals surface area contributed by atoms with E-state index in [1.807, 2.05) is 4.90 Å². The first-order valence-corrected chi connectivity index (χ1v) is 8.22. The number of para-hydroxylation sites is 1. The Morgan fingerprint density at radius 3 is 3.00 bits per heavy atom. The number of hydrogen-bond donors (Lipinski definition) is 2. The van der Waals surface area contributed by atoms with Gasteiger partial charge in [-0.05, 0) is 31.5 Å². The molecule has 0 aliphatic carbocycles. The highest BCUT2D eigenvalue weighted by atomic mass is 19.1. The molecular weight excluding hydrogens is 309 g/mol. The Labute approximate surface area is 139 Å². The molecule has 1 spiro atoms. The fraction of sp³-hybridized carbons (Fsp3) is 0.412. The van der Waals surface area contributed by atoms with Crippen LogP contribution in [-0.4, -0.2) is 46.9 Å². The standard InChI is InChI=1S/C17H20FN5O/c18-14-3-1-2-4-15(14)23-10-13(9-20-23)21-16(24)22-8-6-17(12-22)5-7-19-11-17/h1-4,9-10,19H,5-8,11-12H2,(H,21,24). The SMILES string of the molecule is O=C(Nc1cnn(-c2ccccc2F)c1)N1CCC2(CCNC2)C1. The Morgan fingerprint density at radius 1 is 1.33 bits per heavy atom. The molecule has 1 aromatic heterocycles. The summed E-state index contributed by atoms with van der Waals surface area (Å²) in [5, 5.41) is 10.4. The van der Waals surface area contributed by atoms with E-state index >= 15 is 0 Å². The highest BCUT2D eigenvalue weighted by molar-refractivity contribution is 5.89. The van der Waals surface area contributed by atoms with Crippen molar-refractivity contribution in [3.8, 4) is 5.69 Å². The summed E-state index contributed by atoms with van der Waals surface area (Å²) in [6.07, 6.45) is 5.33. The number of benzene rings is 1. The van der Waals surface area contributed by atoms with Gasteiger partial charge in [-0.25, -0.2) is 13.9 Å². The number of nitrogens with one attached hydrogen (secondary N) is 2. The molecule has 7 heteroatoms. The van der Waals surface area contributed by atoms with E-state index in [-0.39, 0.29) is 17.3 Å². The number of carbonyl (C=O) groups is 1. The molecular formula is C17H20FN5O. The molecule has 2 aromatic rings. The molecule has 2 fully saturated rings. The number of aromatic nitrogens is 2. The third-order valence-corrected chi connectivity index (χ3v) is 4.99. The summed E-state index contributed by atoms with van der Waals surface area (Å²) in [6, 6.07) is 6.29. The fourth-order valence-corrected chi connectivity index (χ4v) is 3.61. The van der Waals surface area contributed by atoms with Crippen LogP contribution in [0.5, 0.6) is 0 Å². The predicted molar refractivity (Wildman–Crippen MR) is 88.7 cm³/mol. The molecule has 1 atom stereocenters. The van der Waals surface area contributed by atoms with Crippen LogP contribution < -0.4 is 10.6 Å². The molecule has 126 valence electrons. The molecule has 2 aliphatic heterocycles. The average molecular weight is 329 g/mol. The first kappa shape index (κ1) is 15.1. The number of rotatable bonds is 2. The summed E-state index contributed by atoms with van der Waals surface area (Å²) in [6.45, 7) is 3.58. The second-order valence-electron chi connectivity index (χ2n) is 6.65. The number of hydrogen-bond acceptors (Lipinski definition) is 3. The molecule has 0 bridgehead atoms. The van der Waals surface area contributed by atoms with E-state index in [2.05, 4.69) is 15.7 Å². The Kier molecular flexibility index (Phi) is 3.72. The number of urea groups is 1. The van der Waals surface area contributed by atoms with Crippen LogP contribution in [0.4, 0.5) is 14.9 Å². The van der Waals surface area contributed by atoms with Crippen molar-refractivity contribution in [2.24, 2.45) is 5.41 Å². The van der Waals surface area contributed by atoms with Gasteiger partial charge in [0, 0.05) is 25.0 Å². The van der Waals surface area contributed by atoms with E-state index in [1.165, 1.54) is 16.9 Å². The second kappa shape index (κ2) is 5.90. The van der Waals surface area contributed by atoms with Gasteiger partial charge in [-0.1, -0.05) is 12.1 Å². The van der Waals surface area contributed by atoms with E-state index in [0.717, 1.165) is 39.0 Å². The van der Waals surface area contributed by atoms with Gasteiger partial charge in [0.1, 0.15) is 11.5 Å². The number of nitrogens with zero attached hydrogens (tertiary/aromatic N) is 3. The van der Waals surface area contributed by atoms with Crippen molar-refractivity contribution in [3.63, 3.8) is 0 Å². The smallest absolute Gasteiger partial charge is 0.321 e. The molecule has 1 aromatic carbocycles. The molecule has 2 aliphatic rings. The van der Waals surface area contributed by atoms with Gasteiger partial charge < -0.3 is 15.5 Å². The van der Waals surface area contributed by atoms with Crippen molar-refractivity contribution in [3.05, 3.63) is 42.5 Å². The molecule has 2 N–H and O–H groups in total. The van der Waals surface area contributed by atoms with Crippen molar-refractivity contribution in [2.75, 3.05) is 31.5 Å². The van der Waals surface area contributed by atoms with Gasteiger partial charge in [0.2, 0.25) is 0 Å². The monoisotopic (exact) mass is 329 g/mol. The maximum absolute atomic E-state index is 13.8. The molecule has 24 heavy (non-hydrogen) atoms. The number of carbonyl (C=O) groups excluding carboxylic acids is 1. The Hall–Kier alpha value is -2.41. The van der Waals surface area contributed by atoms with Gasteiger partial charge in [-0.2, -0.15) is 5.10 Å². The van der Waals surface area contributed by atoms with Crippen molar-refractivity contribution in [1.82, 2.24) is 20.0 Å². The maximum Gasteiger partial charge on any atom is 0.321 e. The van der Waals surface area contributed by atoms with Crippen LogP contribution in [0.25, 0.3) is 5.69 Å². The van der Waals surface area contributed by atoms with E-state index in [4.69, 9.17) is 0 Å². The molecule has 0 saturated carbocycles. The largest absolute Gasteiger partial charge is 0.324 e. The lowest BCUT2D eigenvalue weighted by molar-refractivity contribution is 0.215. The summed E-state index contributed by atoms with van der Waals surface area (Å²) < 4.78 is 15.2. The van der Waals surface area contributed by atoms with E-state index in [1.54, 1.807) is 24.4 Å². The number of halogens is 1. The predicted octanol–water partition coefficient (Wildman–Crippen LogP) is 2.23. The lowest BCUT2D eigenvalue weighted by Crippen LogP contribution is -2.36. The average Bonchev–Trinajstić information content (AvgIpc) is 3.31. The van der Waals surface area contributed by atoms with Crippen molar-refractivity contribution >= 4 is 11.7 Å². The lowest BCUT2D eigenvalue weighted by Gasteiger charge is -2.22. The zero-order chi connectivity index (χ0) is 16.6. The van der Waals surface area contributed by atoms with Crippen LogP contribution >= 0.6 is 0 Å². The molecule has 2 saturated heterocycles. The molecule has 2 amide bonds. The minimum atomic E-state index is -0.353. The first-order chi connectivity index (χ1) is 11.7. The number of anilines is 1. The Morgan fingerprint density at radius 2 is 2.21 bits per heavy atom. The third kappa shape index (κ3) is 2.75. The van der Waals surface area contributed by atoms with Crippen LogP contribution in [-0.2, 0) is 0 Å². The van der Waals surface area contributed by atoms with Crippen LogP contribution in [0.3, 0.4) is 0 Å². The highest BCUT2D eigenvalue weighted by Crippen LogP contribution is 2.36. The summed E-state index contributed by atoms with van der Waals surface area (Å²) in [4.78, 5) is 14.3. The molecule has 3 heterocycles. The molecule has 6 nitrogen and oxygen atoms in total. The summed E-state index contributed by atoms with van der Waals surface area (Å²) in [5.41, 5.74) is 1.17. The minimum Gasteiger partial charge on any atom is -0.324 e. The highest BCUT2D eigenvalue weighted by Gasteiger charge is 2.41. The quantitative estimate of drug-likeness (QED) is 0.888. The fourth-order valence-electron chi connectivity index (χ4n) is 3.61. The van der Waals surface area contributed by atoms with E-state index in [0.29, 0.717) is 11.4 Å². The lowest BCUT2D eigenvalue weighted by atomic mass is 9.87. The number of amides is 2.